The van der Waals surface area contributed by atoms with Crippen LogP contribution in [-0.4, -0.2) is 31.1 Å². The van der Waals surface area contributed by atoms with Crippen molar-refractivity contribution in [2.24, 2.45) is 0 Å². The summed E-state index contributed by atoms with van der Waals surface area (Å²) in [5.74, 6) is 1.23. The average Bonchev–Trinajstić information content (AvgIpc) is 2.41. The van der Waals surface area contributed by atoms with Gasteiger partial charge in [-0.25, -0.2) is 17.5 Å². The number of sulfonamides is 1. The van der Waals surface area contributed by atoms with Gasteiger partial charge in [-0.3, -0.25) is 0 Å². The van der Waals surface area contributed by atoms with Crippen LogP contribution in [0.5, 0.6) is 0 Å². The fraction of sp³-hybridized carbons (Fsp3) is 0.571. The lowest BCUT2D eigenvalue weighted by molar-refractivity contribution is 0.281. The molecule has 21 heavy (non-hydrogen) atoms. The Bertz CT molecular complexity index is 576. The van der Waals surface area contributed by atoms with E-state index in [1.807, 2.05) is 6.92 Å². The molecule has 0 fully saturated rings. The molecule has 1 aromatic rings. The molecular weight excluding hydrogens is 313 g/mol. The zero-order valence-corrected chi connectivity index (χ0v) is 14.2. The average molecular weight is 335 g/mol. The van der Waals surface area contributed by atoms with E-state index in [9.17, 15) is 12.8 Å². The van der Waals surface area contributed by atoms with E-state index in [4.69, 9.17) is 5.11 Å². The van der Waals surface area contributed by atoms with Crippen molar-refractivity contribution in [2.75, 3.05) is 11.5 Å². The van der Waals surface area contributed by atoms with Gasteiger partial charge in [0, 0.05) is 11.6 Å². The molecular formula is C14H22FNO3S2. The fourth-order valence-electron chi connectivity index (χ4n) is 1.87. The van der Waals surface area contributed by atoms with E-state index in [1.165, 1.54) is 13.0 Å². The van der Waals surface area contributed by atoms with Crippen molar-refractivity contribution >= 4 is 21.8 Å². The highest BCUT2D eigenvalue weighted by Gasteiger charge is 2.22. The molecule has 1 rings (SSSR count). The Kier molecular flexibility index (Phi) is 7.12. The summed E-state index contributed by atoms with van der Waals surface area (Å²) in [7, 11) is -3.79. The highest BCUT2D eigenvalue weighted by molar-refractivity contribution is 7.99. The Labute approximate surface area is 130 Å². The predicted molar refractivity (Wildman–Crippen MR) is 84.5 cm³/mol. The van der Waals surface area contributed by atoms with Gasteiger partial charge in [0.15, 0.2) is 0 Å². The summed E-state index contributed by atoms with van der Waals surface area (Å²) in [6.45, 7) is 4.85. The summed E-state index contributed by atoms with van der Waals surface area (Å²) >= 11 is 1.74. The molecule has 0 aliphatic carbocycles. The number of hydrogen-bond donors (Lipinski definition) is 2. The number of nitrogens with one attached hydrogen (secondary N) is 1. The quantitative estimate of drug-likeness (QED) is 0.716. The van der Waals surface area contributed by atoms with Gasteiger partial charge in [0.05, 0.1) is 11.5 Å². The van der Waals surface area contributed by atoms with Gasteiger partial charge in [0.1, 0.15) is 5.82 Å². The molecule has 4 nitrogen and oxygen atoms in total. The van der Waals surface area contributed by atoms with Gasteiger partial charge in [0.2, 0.25) is 10.0 Å². The van der Waals surface area contributed by atoms with E-state index in [-0.39, 0.29) is 22.1 Å². The number of aliphatic hydroxyl groups is 1. The molecule has 0 aliphatic heterocycles. The van der Waals surface area contributed by atoms with Gasteiger partial charge in [0.25, 0.3) is 0 Å². The Hall–Kier alpha value is -0.630. The number of thioether (sulfide) groups is 1. The molecule has 0 bridgehead atoms. The minimum absolute atomic E-state index is 0.0647. The maximum atomic E-state index is 13.7. The second kappa shape index (κ2) is 8.12. The third kappa shape index (κ3) is 5.25. The van der Waals surface area contributed by atoms with Crippen LogP contribution in [-0.2, 0) is 16.6 Å². The molecule has 2 N–H and O–H groups in total. The SMILES string of the molecule is CCSCCC(C)NS(=O)(=O)c1cc(CO)cc(F)c1C. The summed E-state index contributed by atoms with van der Waals surface area (Å²) in [5, 5.41) is 9.08. The third-order valence-corrected chi connectivity index (χ3v) is 5.73. The molecule has 1 aromatic carbocycles. The summed E-state index contributed by atoms with van der Waals surface area (Å²) in [5.41, 5.74) is 0.308. The van der Waals surface area contributed by atoms with Gasteiger partial charge in [-0.15, -0.1) is 0 Å². The molecule has 1 atom stereocenters. The van der Waals surface area contributed by atoms with Crippen molar-refractivity contribution < 1.29 is 17.9 Å². The molecule has 7 heteroatoms. The zero-order valence-electron chi connectivity index (χ0n) is 12.5. The summed E-state index contributed by atoms with van der Waals surface area (Å²) in [6.07, 6.45) is 0.707. The van der Waals surface area contributed by atoms with Crippen LogP contribution in [0.1, 0.15) is 31.4 Å². The van der Waals surface area contributed by atoms with Crippen LogP contribution in [0, 0.1) is 12.7 Å². The zero-order chi connectivity index (χ0) is 16.0. The molecule has 0 spiro atoms. The van der Waals surface area contributed by atoms with E-state index in [0.29, 0.717) is 6.42 Å². The van der Waals surface area contributed by atoms with Crippen LogP contribution in [0.25, 0.3) is 0 Å². The highest BCUT2D eigenvalue weighted by atomic mass is 32.2. The second-order valence-electron chi connectivity index (χ2n) is 4.87. The van der Waals surface area contributed by atoms with Crippen LogP contribution in [0.2, 0.25) is 0 Å². The van der Waals surface area contributed by atoms with Crippen molar-refractivity contribution in [1.29, 1.82) is 0 Å². The number of halogens is 1. The number of hydrogen-bond acceptors (Lipinski definition) is 4. The maximum Gasteiger partial charge on any atom is 0.241 e. The second-order valence-corrected chi connectivity index (χ2v) is 7.94. The molecule has 0 aliphatic rings. The van der Waals surface area contributed by atoms with E-state index >= 15 is 0 Å². The van der Waals surface area contributed by atoms with Gasteiger partial charge in [-0.05, 0) is 49.5 Å². The minimum atomic E-state index is -3.79. The van der Waals surface area contributed by atoms with Crippen LogP contribution in [0.3, 0.4) is 0 Å². The molecule has 0 aromatic heterocycles. The molecule has 1 unspecified atom stereocenters. The van der Waals surface area contributed by atoms with Gasteiger partial charge in [-0.2, -0.15) is 11.8 Å². The first-order valence-electron chi connectivity index (χ1n) is 6.81. The van der Waals surface area contributed by atoms with Crippen molar-refractivity contribution in [3.8, 4) is 0 Å². The minimum Gasteiger partial charge on any atom is -0.392 e. The van der Waals surface area contributed by atoms with Crippen molar-refractivity contribution in [3.05, 3.63) is 29.1 Å². The predicted octanol–water partition coefficient (Wildman–Crippen LogP) is 2.44. The standard InChI is InChI=1S/C14H22FNO3S2/c1-4-20-6-5-10(2)16-21(18,19)14-8-12(9-17)7-13(15)11(14)3/h7-8,10,16-17H,4-6,9H2,1-3H3. The first-order valence-corrected chi connectivity index (χ1v) is 9.45. The van der Waals surface area contributed by atoms with Crippen LogP contribution < -0.4 is 4.72 Å². The van der Waals surface area contributed by atoms with E-state index in [0.717, 1.165) is 17.6 Å². The first kappa shape index (κ1) is 18.4. The van der Waals surface area contributed by atoms with Gasteiger partial charge < -0.3 is 5.11 Å². The smallest absolute Gasteiger partial charge is 0.241 e. The summed E-state index contributed by atoms with van der Waals surface area (Å²) in [6, 6.07) is 2.23. The lowest BCUT2D eigenvalue weighted by Gasteiger charge is -2.16. The third-order valence-electron chi connectivity index (χ3n) is 3.08. The first-order chi connectivity index (χ1) is 9.81. The highest BCUT2D eigenvalue weighted by Crippen LogP contribution is 2.21. The van der Waals surface area contributed by atoms with Crippen molar-refractivity contribution in [2.45, 2.75) is 44.7 Å². The number of aliphatic hydroxyl groups excluding tert-OH is 1. The van der Waals surface area contributed by atoms with Gasteiger partial charge >= 0.3 is 0 Å². The molecule has 0 saturated carbocycles. The largest absolute Gasteiger partial charge is 0.392 e. The summed E-state index contributed by atoms with van der Waals surface area (Å²) in [4.78, 5) is -0.110. The lowest BCUT2D eigenvalue weighted by Crippen LogP contribution is -2.33. The Morgan fingerprint density at radius 2 is 2.10 bits per heavy atom. The van der Waals surface area contributed by atoms with Crippen LogP contribution in [0.15, 0.2) is 17.0 Å². The molecule has 0 amide bonds. The number of benzene rings is 1. The van der Waals surface area contributed by atoms with E-state index in [1.54, 1.807) is 18.7 Å². The van der Waals surface area contributed by atoms with Crippen molar-refractivity contribution in [1.82, 2.24) is 4.72 Å². The van der Waals surface area contributed by atoms with E-state index in [2.05, 4.69) is 4.72 Å². The van der Waals surface area contributed by atoms with Crippen molar-refractivity contribution in [3.63, 3.8) is 0 Å². The molecule has 0 radical (unpaired) electrons. The Morgan fingerprint density at radius 3 is 2.67 bits per heavy atom. The monoisotopic (exact) mass is 335 g/mol. The Morgan fingerprint density at radius 1 is 1.43 bits per heavy atom. The fourth-order valence-corrected chi connectivity index (χ4v) is 4.26. The Balaban J connectivity index is 2.95. The molecule has 120 valence electrons. The lowest BCUT2D eigenvalue weighted by atomic mass is 10.1. The van der Waals surface area contributed by atoms with Gasteiger partial charge in [-0.1, -0.05) is 6.92 Å². The normalized spacial score (nSPS) is 13.4. The number of rotatable bonds is 8. The topological polar surface area (TPSA) is 66.4 Å². The molecule has 0 heterocycles. The molecule has 0 saturated heterocycles. The van der Waals surface area contributed by atoms with Crippen LogP contribution in [0.4, 0.5) is 4.39 Å². The van der Waals surface area contributed by atoms with E-state index < -0.39 is 22.4 Å². The maximum absolute atomic E-state index is 13.7. The summed E-state index contributed by atoms with van der Waals surface area (Å²) < 4.78 is 41.0. The van der Waals surface area contributed by atoms with Crippen LogP contribution >= 0.6 is 11.8 Å².